The van der Waals surface area contributed by atoms with Gasteiger partial charge in [0.25, 0.3) is 0 Å². The Morgan fingerprint density at radius 2 is 2.00 bits per heavy atom. The molecular weight excluding hydrogens is 390 g/mol. The summed E-state index contributed by atoms with van der Waals surface area (Å²) in [6.07, 6.45) is 1.23. The minimum absolute atomic E-state index is 0.104. The summed E-state index contributed by atoms with van der Waals surface area (Å²) in [7, 11) is 1.40. The number of thiophene rings is 2. The number of Topliss-reactive ketones (excluding diaryl/α,β-unsaturated/α-hetero) is 1. The third-order valence-electron chi connectivity index (χ3n) is 5.45. The molecule has 0 spiro atoms. The number of esters is 1. The van der Waals surface area contributed by atoms with E-state index in [-0.39, 0.29) is 23.1 Å². The van der Waals surface area contributed by atoms with Crippen molar-refractivity contribution in [1.82, 2.24) is 0 Å². The molecule has 0 aromatic carbocycles. The number of ketones is 1. The highest BCUT2D eigenvalue weighted by Gasteiger charge is 2.46. The molecule has 0 N–H and O–H groups in total. The van der Waals surface area contributed by atoms with E-state index in [9.17, 15) is 9.59 Å². The number of rotatable bonds is 3. The van der Waals surface area contributed by atoms with Crippen LogP contribution in [0.15, 0.2) is 45.9 Å². The average Bonchev–Trinajstić information content (AvgIpc) is 3.30. The van der Waals surface area contributed by atoms with Gasteiger partial charge in [0.1, 0.15) is 5.92 Å². The molecule has 4 rings (SSSR count). The lowest BCUT2D eigenvalue weighted by Gasteiger charge is -2.38. The van der Waals surface area contributed by atoms with E-state index in [1.54, 1.807) is 22.7 Å². The zero-order chi connectivity index (χ0) is 20.1. The SMILES string of the molecule is COC(=O)C1C(C)=NC2=C(C(=O)CC(C)(C)C2)[C@@H]1c1ccc(-c2cccs2)s1. The fraction of sp³-hybridized carbons (Fsp3) is 0.409. The zero-order valence-electron chi connectivity index (χ0n) is 16.4. The molecule has 6 heteroatoms. The van der Waals surface area contributed by atoms with Crippen LogP contribution in [0.2, 0.25) is 0 Å². The van der Waals surface area contributed by atoms with Gasteiger partial charge in [0.05, 0.1) is 7.11 Å². The third-order valence-corrected chi connectivity index (χ3v) is 7.69. The van der Waals surface area contributed by atoms with Crippen LogP contribution in [0.4, 0.5) is 0 Å². The Balaban J connectivity index is 1.85. The molecule has 2 aromatic heterocycles. The van der Waals surface area contributed by atoms with Crippen molar-refractivity contribution in [2.24, 2.45) is 16.3 Å². The Kier molecular flexibility index (Phi) is 4.88. The highest BCUT2D eigenvalue weighted by atomic mass is 32.1. The topological polar surface area (TPSA) is 55.7 Å². The normalized spacial score (nSPS) is 24.0. The molecule has 146 valence electrons. The Labute approximate surface area is 173 Å². The minimum Gasteiger partial charge on any atom is -0.468 e. The number of ether oxygens (including phenoxy) is 1. The second-order valence-corrected chi connectivity index (χ2v) is 10.3. The summed E-state index contributed by atoms with van der Waals surface area (Å²) in [6, 6.07) is 8.25. The molecule has 0 bridgehead atoms. The number of allylic oxidation sites excluding steroid dienone is 2. The summed E-state index contributed by atoms with van der Waals surface area (Å²) < 4.78 is 5.10. The maximum atomic E-state index is 13.2. The van der Waals surface area contributed by atoms with Crippen LogP contribution in [0.5, 0.6) is 0 Å². The molecule has 2 atom stereocenters. The highest BCUT2D eigenvalue weighted by molar-refractivity contribution is 7.21. The first-order valence-electron chi connectivity index (χ1n) is 9.33. The van der Waals surface area contributed by atoms with Gasteiger partial charge in [-0.2, -0.15) is 0 Å². The van der Waals surface area contributed by atoms with Crippen molar-refractivity contribution in [3.8, 4) is 9.75 Å². The fourth-order valence-electron chi connectivity index (χ4n) is 4.26. The predicted molar refractivity (Wildman–Crippen MR) is 114 cm³/mol. The zero-order valence-corrected chi connectivity index (χ0v) is 18.1. The molecule has 0 amide bonds. The summed E-state index contributed by atoms with van der Waals surface area (Å²) in [5.41, 5.74) is 2.17. The van der Waals surface area contributed by atoms with Gasteiger partial charge in [-0.1, -0.05) is 19.9 Å². The van der Waals surface area contributed by atoms with Gasteiger partial charge in [0.2, 0.25) is 0 Å². The van der Waals surface area contributed by atoms with Crippen LogP contribution in [0, 0.1) is 11.3 Å². The highest BCUT2D eigenvalue weighted by Crippen LogP contribution is 2.50. The molecule has 28 heavy (non-hydrogen) atoms. The fourth-order valence-corrected chi connectivity index (χ4v) is 6.25. The van der Waals surface area contributed by atoms with Crippen LogP contribution in [0.25, 0.3) is 9.75 Å². The van der Waals surface area contributed by atoms with E-state index < -0.39 is 5.92 Å². The van der Waals surface area contributed by atoms with Gasteiger partial charge in [-0.05, 0) is 42.3 Å². The first kappa shape index (κ1) is 19.3. The van der Waals surface area contributed by atoms with Crippen molar-refractivity contribution in [3.63, 3.8) is 0 Å². The van der Waals surface area contributed by atoms with E-state index in [0.29, 0.717) is 12.0 Å². The van der Waals surface area contributed by atoms with Crippen molar-refractivity contribution in [1.29, 1.82) is 0 Å². The van der Waals surface area contributed by atoms with Crippen LogP contribution in [-0.4, -0.2) is 24.6 Å². The average molecular weight is 414 g/mol. The van der Waals surface area contributed by atoms with Gasteiger partial charge in [-0.15, -0.1) is 22.7 Å². The van der Waals surface area contributed by atoms with Crippen LogP contribution < -0.4 is 0 Å². The molecule has 0 fully saturated rings. The molecule has 3 heterocycles. The number of hydrogen-bond donors (Lipinski definition) is 0. The lowest BCUT2D eigenvalue weighted by molar-refractivity contribution is -0.143. The molecule has 0 saturated heterocycles. The Morgan fingerprint density at radius 1 is 1.21 bits per heavy atom. The van der Waals surface area contributed by atoms with E-state index in [1.807, 2.05) is 13.0 Å². The monoisotopic (exact) mass is 413 g/mol. The van der Waals surface area contributed by atoms with E-state index in [4.69, 9.17) is 9.73 Å². The molecule has 4 nitrogen and oxygen atoms in total. The first-order chi connectivity index (χ1) is 13.3. The van der Waals surface area contributed by atoms with E-state index in [1.165, 1.54) is 12.0 Å². The van der Waals surface area contributed by atoms with Crippen LogP contribution in [-0.2, 0) is 14.3 Å². The van der Waals surface area contributed by atoms with Gasteiger partial charge >= 0.3 is 5.97 Å². The molecule has 1 aliphatic carbocycles. The van der Waals surface area contributed by atoms with Gasteiger partial charge in [-0.3, -0.25) is 14.6 Å². The standard InChI is InChI=1S/C22H23NO3S2/c1-12-18(21(25)26-4)20(17-8-7-16(28-17)15-6-5-9-27-15)19-13(23-12)10-22(2,3)11-14(19)24/h5-9,18,20H,10-11H2,1-4H3/t18?,20-/m1/s1. The summed E-state index contributed by atoms with van der Waals surface area (Å²) in [5.74, 6) is -1.10. The number of nitrogens with zero attached hydrogens (tertiary/aromatic N) is 1. The number of carbonyl (C=O) groups excluding carboxylic acids is 2. The Bertz CT molecular complexity index is 995. The maximum Gasteiger partial charge on any atom is 0.315 e. The van der Waals surface area contributed by atoms with Crippen molar-refractivity contribution in [2.45, 2.75) is 39.5 Å². The minimum atomic E-state index is -0.552. The Hall–Kier alpha value is -2.05. The molecule has 2 aromatic rings. The molecule has 1 unspecified atom stereocenters. The van der Waals surface area contributed by atoms with E-state index in [2.05, 4.69) is 37.4 Å². The third kappa shape index (κ3) is 3.29. The van der Waals surface area contributed by atoms with Crippen molar-refractivity contribution < 1.29 is 14.3 Å². The maximum absolute atomic E-state index is 13.2. The summed E-state index contributed by atoms with van der Waals surface area (Å²) in [5, 5.41) is 2.05. The number of aliphatic imine (C=N–C) groups is 1. The summed E-state index contributed by atoms with van der Waals surface area (Å²) >= 11 is 3.34. The summed E-state index contributed by atoms with van der Waals surface area (Å²) in [4.78, 5) is 33.9. The van der Waals surface area contributed by atoms with Crippen LogP contribution >= 0.6 is 22.7 Å². The molecule has 0 radical (unpaired) electrons. The van der Waals surface area contributed by atoms with Gasteiger partial charge < -0.3 is 4.74 Å². The van der Waals surface area contributed by atoms with Crippen LogP contribution in [0.3, 0.4) is 0 Å². The number of hydrogen-bond acceptors (Lipinski definition) is 6. The van der Waals surface area contributed by atoms with E-state index >= 15 is 0 Å². The largest absolute Gasteiger partial charge is 0.468 e. The van der Waals surface area contributed by atoms with Gasteiger partial charge in [0, 0.05) is 44.0 Å². The predicted octanol–water partition coefficient (Wildman–Crippen LogP) is 5.47. The number of carbonyl (C=O) groups is 2. The quantitative estimate of drug-likeness (QED) is 0.627. The Morgan fingerprint density at radius 3 is 2.68 bits per heavy atom. The second kappa shape index (κ2) is 7.08. The smallest absolute Gasteiger partial charge is 0.315 e. The second-order valence-electron chi connectivity index (χ2n) is 8.21. The summed E-state index contributed by atoms with van der Waals surface area (Å²) in [6.45, 7) is 6.07. The first-order valence-corrected chi connectivity index (χ1v) is 11.0. The molecular formula is C22H23NO3S2. The molecule has 2 aliphatic rings. The lowest BCUT2D eigenvalue weighted by atomic mass is 9.68. The molecule has 0 saturated carbocycles. The molecule has 1 aliphatic heterocycles. The van der Waals surface area contributed by atoms with Crippen molar-refractivity contribution in [3.05, 3.63) is 45.8 Å². The van der Waals surface area contributed by atoms with Gasteiger partial charge in [0.15, 0.2) is 5.78 Å². The van der Waals surface area contributed by atoms with Crippen molar-refractivity contribution in [2.75, 3.05) is 7.11 Å². The number of methoxy groups -OCH3 is 1. The van der Waals surface area contributed by atoms with Gasteiger partial charge in [-0.25, -0.2) is 0 Å². The van der Waals surface area contributed by atoms with E-state index in [0.717, 1.165) is 27.6 Å². The lowest BCUT2D eigenvalue weighted by Crippen LogP contribution is -2.39. The van der Waals surface area contributed by atoms with Crippen LogP contribution in [0.1, 0.15) is 44.4 Å². The van der Waals surface area contributed by atoms with Crippen molar-refractivity contribution >= 4 is 40.1 Å².